The average Bonchev–Trinajstić information content (AvgIpc) is 3.24. The molecule has 5 rings (SSSR count). The first-order chi connectivity index (χ1) is 17.4. The molecule has 5 nitrogen and oxygen atoms in total. The molecule has 188 valence electrons. The third-order valence-corrected chi connectivity index (χ3v) is 7.56. The highest BCUT2D eigenvalue weighted by atomic mass is 35.5. The molecule has 1 atom stereocenters. The number of rotatable bonds is 7. The van der Waals surface area contributed by atoms with Gasteiger partial charge in [0, 0.05) is 23.1 Å². The van der Waals surface area contributed by atoms with Gasteiger partial charge in [-0.2, -0.15) is 0 Å². The molecule has 2 aliphatic rings. The highest BCUT2D eigenvalue weighted by Gasteiger charge is 2.49. The van der Waals surface area contributed by atoms with Crippen molar-refractivity contribution in [3.63, 3.8) is 0 Å². The molecule has 3 N–H and O–H groups in total. The smallest absolute Gasteiger partial charge is 0.335 e. The van der Waals surface area contributed by atoms with Crippen LogP contribution in [0.4, 0.5) is 20.2 Å². The molecular formula is C28H27ClF2N2O3. The maximum absolute atomic E-state index is 14.2. The molecule has 0 saturated heterocycles. The lowest BCUT2D eigenvalue weighted by molar-refractivity contribution is 0.0695. The summed E-state index contributed by atoms with van der Waals surface area (Å²) in [6.45, 7) is 0.259. The van der Waals surface area contributed by atoms with Gasteiger partial charge in [0.1, 0.15) is 11.4 Å². The van der Waals surface area contributed by atoms with Gasteiger partial charge < -0.3 is 20.5 Å². The first kappa shape index (κ1) is 24.4. The number of hydrogen-bond acceptors (Lipinski definition) is 4. The van der Waals surface area contributed by atoms with Crippen molar-refractivity contribution in [2.75, 3.05) is 17.2 Å². The normalized spacial score (nSPS) is 17.5. The third-order valence-electron chi connectivity index (χ3n) is 7.31. The molecule has 3 aromatic carbocycles. The standard InChI is InChI=1S/C28H27ClF2N2O3/c29-20-11-9-19(10-12-20)28(32-25-14-23(30)24(31)15-26(25)33-28)22(17-5-2-1-3-6-17)16-36-21-8-4-7-18(13-21)27(34)35/h4,7-15,17,22,32-33H,1-3,5-6,16H2,(H,34,35). The Bertz CT molecular complexity index is 1230. The summed E-state index contributed by atoms with van der Waals surface area (Å²) in [5, 5.41) is 16.9. The number of anilines is 2. The Morgan fingerprint density at radius 2 is 1.64 bits per heavy atom. The Hall–Kier alpha value is -3.32. The average molecular weight is 513 g/mol. The third kappa shape index (κ3) is 4.72. The Labute approximate surface area is 213 Å². The van der Waals surface area contributed by atoms with Gasteiger partial charge >= 0.3 is 5.97 Å². The number of fused-ring (bicyclic) bond motifs is 1. The first-order valence-electron chi connectivity index (χ1n) is 12.1. The van der Waals surface area contributed by atoms with E-state index in [1.165, 1.54) is 24.3 Å². The molecule has 8 heteroatoms. The minimum atomic E-state index is -1.03. The largest absolute Gasteiger partial charge is 0.493 e. The topological polar surface area (TPSA) is 70.6 Å². The van der Waals surface area contributed by atoms with Crippen molar-refractivity contribution in [2.45, 2.75) is 37.8 Å². The van der Waals surface area contributed by atoms with E-state index in [0.29, 0.717) is 22.1 Å². The van der Waals surface area contributed by atoms with Crippen LogP contribution in [0.2, 0.25) is 5.02 Å². The molecular weight excluding hydrogens is 486 g/mol. The number of nitrogens with one attached hydrogen (secondary N) is 2. The van der Waals surface area contributed by atoms with Gasteiger partial charge in [0.25, 0.3) is 0 Å². The summed E-state index contributed by atoms with van der Waals surface area (Å²) in [4.78, 5) is 11.4. The van der Waals surface area contributed by atoms with Gasteiger partial charge in [-0.15, -0.1) is 0 Å². The maximum atomic E-state index is 14.2. The molecule has 3 aromatic rings. The molecule has 0 spiro atoms. The SMILES string of the molecule is O=C(O)c1cccc(OCC(C2CCCCC2)C2(c3ccc(Cl)cc3)Nc3cc(F)c(F)cc3N2)c1. The zero-order valence-corrected chi connectivity index (χ0v) is 20.3. The van der Waals surface area contributed by atoms with Crippen molar-refractivity contribution in [1.82, 2.24) is 0 Å². The van der Waals surface area contributed by atoms with E-state index >= 15 is 0 Å². The van der Waals surface area contributed by atoms with E-state index in [9.17, 15) is 18.7 Å². The number of carbonyl (C=O) groups is 1. The molecule has 0 amide bonds. The first-order valence-corrected chi connectivity index (χ1v) is 12.5. The molecule has 1 fully saturated rings. The number of hydrogen-bond donors (Lipinski definition) is 3. The van der Waals surface area contributed by atoms with Crippen LogP contribution in [0, 0.1) is 23.5 Å². The summed E-state index contributed by atoms with van der Waals surface area (Å²) in [7, 11) is 0. The number of carboxylic acid groups (broad SMARTS) is 1. The predicted octanol–water partition coefficient (Wildman–Crippen LogP) is 7.28. The fourth-order valence-corrected chi connectivity index (χ4v) is 5.65. The van der Waals surface area contributed by atoms with Gasteiger partial charge in [0.2, 0.25) is 0 Å². The molecule has 0 bridgehead atoms. The second kappa shape index (κ2) is 9.97. The van der Waals surface area contributed by atoms with Crippen LogP contribution in [0.5, 0.6) is 5.75 Å². The van der Waals surface area contributed by atoms with Crippen molar-refractivity contribution in [2.24, 2.45) is 11.8 Å². The Morgan fingerprint density at radius 1 is 1.00 bits per heavy atom. The van der Waals surface area contributed by atoms with E-state index in [2.05, 4.69) is 10.6 Å². The van der Waals surface area contributed by atoms with Crippen LogP contribution < -0.4 is 15.4 Å². The number of benzene rings is 3. The zero-order valence-electron chi connectivity index (χ0n) is 19.6. The van der Waals surface area contributed by atoms with Gasteiger partial charge in [-0.1, -0.05) is 49.1 Å². The molecule has 0 aromatic heterocycles. The van der Waals surface area contributed by atoms with Crippen LogP contribution in [0.15, 0.2) is 60.7 Å². The van der Waals surface area contributed by atoms with E-state index in [-0.39, 0.29) is 24.0 Å². The Balaban J connectivity index is 1.56. The van der Waals surface area contributed by atoms with Crippen LogP contribution >= 0.6 is 11.6 Å². The second-order valence-corrected chi connectivity index (χ2v) is 9.96. The minimum absolute atomic E-state index is 0.143. The molecule has 1 aliphatic carbocycles. The lowest BCUT2D eigenvalue weighted by Gasteiger charge is -2.44. The van der Waals surface area contributed by atoms with Gasteiger partial charge in [-0.3, -0.25) is 0 Å². The van der Waals surface area contributed by atoms with Crippen LogP contribution in [0.3, 0.4) is 0 Å². The van der Waals surface area contributed by atoms with Gasteiger partial charge in [-0.05, 0) is 54.7 Å². The van der Waals surface area contributed by atoms with E-state index < -0.39 is 23.3 Å². The predicted molar refractivity (Wildman–Crippen MR) is 136 cm³/mol. The highest BCUT2D eigenvalue weighted by molar-refractivity contribution is 6.30. The molecule has 1 heterocycles. The van der Waals surface area contributed by atoms with E-state index in [1.54, 1.807) is 24.3 Å². The fraction of sp³-hybridized carbons (Fsp3) is 0.321. The monoisotopic (exact) mass is 512 g/mol. The maximum Gasteiger partial charge on any atom is 0.335 e. The number of carboxylic acids is 1. The summed E-state index contributed by atoms with van der Waals surface area (Å²) in [5.41, 5.74) is 1.03. The van der Waals surface area contributed by atoms with Crippen molar-refractivity contribution in [1.29, 1.82) is 0 Å². The molecule has 1 unspecified atom stereocenters. The van der Waals surface area contributed by atoms with Crippen LogP contribution in [0.25, 0.3) is 0 Å². The van der Waals surface area contributed by atoms with Crippen molar-refractivity contribution >= 4 is 28.9 Å². The Morgan fingerprint density at radius 3 is 2.25 bits per heavy atom. The van der Waals surface area contributed by atoms with Gasteiger partial charge in [0.15, 0.2) is 11.6 Å². The summed E-state index contributed by atoms with van der Waals surface area (Å²) >= 11 is 6.19. The number of aromatic carboxylic acids is 1. The molecule has 1 saturated carbocycles. The van der Waals surface area contributed by atoms with Crippen molar-refractivity contribution < 1.29 is 23.4 Å². The lowest BCUT2D eigenvalue weighted by Crippen LogP contribution is -2.51. The summed E-state index contributed by atoms with van der Waals surface area (Å²) in [6, 6.07) is 16.1. The molecule has 1 aliphatic heterocycles. The Kier molecular flexibility index (Phi) is 6.75. The van der Waals surface area contributed by atoms with Crippen LogP contribution in [-0.2, 0) is 5.66 Å². The highest BCUT2D eigenvalue weighted by Crippen LogP contribution is 2.49. The van der Waals surface area contributed by atoms with E-state index in [4.69, 9.17) is 16.3 Å². The fourth-order valence-electron chi connectivity index (χ4n) is 5.52. The summed E-state index contributed by atoms with van der Waals surface area (Å²) in [6.07, 6.45) is 5.31. The summed E-state index contributed by atoms with van der Waals surface area (Å²) < 4.78 is 34.6. The zero-order chi connectivity index (χ0) is 25.3. The van der Waals surface area contributed by atoms with Crippen LogP contribution in [0.1, 0.15) is 48.0 Å². The van der Waals surface area contributed by atoms with Crippen molar-refractivity contribution in [3.8, 4) is 5.75 Å². The molecule has 36 heavy (non-hydrogen) atoms. The van der Waals surface area contributed by atoms with Gasteiger partial charge in [0.05, 0.1) is 23.5 Å². The second-order valence-electron chi connectivity index (χ2n) is 9.53. The number of ether oxygens (including phenoxy) is 1. The lowest BCUT2D eigenvalue weighted by atomic mass is 9.72. The minimum Gasteiger partial charge on any atom is -0.493 e. The van der Waals surface area contributed by atoms with Gasteiger partial charge in [-0.25, -0.2) is 13.6 Å². The van der Waals surface area contributed by atoms with Crippen LogP contribution in [-0.4, -0.2) is 17.7 Å². The summed E-state index contributed by atoms with van der Waals surface area (Å²) in [5.74, 6) is -2.33. The van der Waals surface area contributed by atoms with E-state index in [0.717, 1.165) is 37.7 Å². The quantitative estimate of drug-likeness (QED) is 0.310. The molecule has 0 radical (unpaired) electrons. The number of halogens is 3. The van der Waals surface area contributed by atoms with Crippen molar-refractivity contribution in [3.05, 3.63) is 88.4 Å². The van der Waals surface area contributed by atoms with E-state index in [1.807, 2.05) is 12.1 Å².